The number of aliphatic imine (C=N–C) groups is 1. The van der Waals surface area contributed by atoms with Gasteiger partial charge in [0.1, 0.15) is 5.75 Å². The van der Waals surface area contributed by atoms with Crippen LogP contribution in [0.5, 0.6) is 5.75 Å². The fourth-order valence-electron chi connectivity index (χ4n) is 3.34. The number of nitrogens with zero attached hydrogens (tertiary/aromatic N) is 2. The van der Waals surface area contributed by atoms with Gasteiger partial charge >= 0.3 is 0 Å². The van der Waals surface area contributed by atoms with Crippen LogP contribution in [-0.4, -0.2) is 67.2 Å². The first-order valence-corrected chi connectivity index (χ1v) is 10.3. The molecule has 0 spiro atoms. The van der Waals surface area contributed by atoms with Gasteiger partial charge in [0.25, 0.3) is 5.91 Å². The van der Waals surface area contributed by atoms with Crippen LogP contribution in [0.1, 0.15) is 44.0 Å². The number of phenolic OH excluding ortho intramolecular Hbond substituents is 1. The zero-order valence-corrected chi connectivity index (χ0v) is 20.1. The lowest BCUT2D eigenvalue weighted by atomic mass is 10.0. The molecule has 1 saturated heterocycles. The van der Waals surface area contributed by atoms with E-state index in [1.165, 1.54) is 18.7 Å². The molecule has 0 unspecified atom stereocenters. The van der Waals surface area contributed by atoms with Gasteiger partial charge in [-0.3, -0.25) is 9.79 Å². The van der Waals surface area contributed by atoms with Crippen molar-refractivity contribution in [2.45, 2.75) is 39.7 Å². The number of halogens is 1. The molecule has 1 aromatic rings. The highest BCUT2D eigenvalue weighted by molar-refractivity contribution is 14.0. The zero-order valence-electron chi connectivity index (χ0n) is 17.8. The minimum atomic E-state index is -0.161. The van der Waals surface area contributed by atoms with Crippen LogP contribution in [0.2, 0.25) is 0 Å². The summed E-state index contributed by atoms with van der Waals surface area (Å²) in [7, 11) is 0. The maximum Gasteiger partial charge on any atom is 0.251 e. The first-order chi connectivity index (χ1) is 13.5. The predicted molar refractivity (Wildman–Crippen MR) is 129 cm³/mol. The number of piperidine rings is 1. The summed E-state index contributed by atoms with van der Waals surface area (Å²) in [6, 6.07) is 6.66. The Hall–Kier alpha value is -1.55. The first-order valence-electron chi connectivity index (χ1n) is 10.3. The molecule has 164 valence electrons. The van der Waals surface area contributed by atoms with Crippen LogP contribution in [0.25, 0.3) is 0 Å². The Bertz CT molecular complexity index is 628. The molecule has 0 aliphatic carbocycles. The number of phenols is 1. The van der Waals surface area contributed by atoms with E-state index in [0.717, 1.165) is 38.4 Å². The number of guanidine groups is 1. The Balaban J connectivity index is 0.00000420. The molecule has 1 aromatic carbocycles. The molecule has 0 saturated carbocycles. The molecule has 0 aromatic heterocycles. The Morgan fingerprint density at radius 2 is 1.86 bits per heavy atom. The van der Waals surface area contributed by atoms with E-state index in [1.54, 1.807) is 12.1 Å². The summed E-state index contributed by atoms with van der Waals surface area (Å²) >= 11 is 0. The quantitative estimate of drug-likeness (QED) is 0.184. The summed E-state index contributed by atoms with van der Waals surface area (Å²) in [6.45, 7) is 11.8. The van der Waals surface area contributed by atoms with Gasteiger partial charge in [-0.05, 0) is 49.9 Å². The lowest BCUT2D eigenvalue weighted by Crippen LogP contribution is -2.49. The number of nitrogens with one attached hydrogen (secondary N) is 3. The second-order valence-electron chi connectivity index (χ2n) is 7.68. The van der Waals surface area contributed by atoms with E-state index in [9.17, 15) is 9.90 Å². The summed E-state index contributed by atoms with van der Waals surface area (Å²) in [4.78, 5) is 19.2. The van der Waals surface area contributed by atoms with E-state index in [1.807, 2.05) is 0 Å². The van der Waals surface area contributed by atoms with E-state index < -0.39 is 0 Å². The number of carbonyl (C=O) groups is 1. The van der Waals surface area contributed by atoms with Gasteiger partial charge in [-0.25, -0.2) is 0 Å². The molecule has 1 aliphatic heterocycles. The van der Waals surface area contributed by atoms with Crippen LogP contribution >= 0.6 is 24.0 Å². The Morgan fingerprint density at radius 3 is 2.45 bits per heavy atom. The monoisotopic (exact) mass is 517 g/mol. The van der Waals surface area contributed by atoms with Crippen LogP contribution < -0.4 is 16.0 Å². The average Bonchev–Trinajstić information content (AvgIpc) is 2.67. The molecule has 0 bridgehead atoms. The lowest BCUT2D eigenvalue weighted by Gasteiger charge is -2.34. The van der Waals surface area contributed by atoms with Gasteiger partial charge in [0.05, 0.1) is 6.54 Å². The fraction of sp³-hybridized carbons (Fsp3) is 0.619. The smallest absolute Gasteiger partial charge is 0.251 e. The number of carbonyl (C=O) groups excluding carboxylic acids is 1. The third-order valence-corrected chi connectivity index (χ3v) is 4.69. The van der Waals surface area contributed by atoms with E-state index in [0.29, 0.717) is 30.6 Å². The molecular formula is C21H36IN5O2. The summed E-state index contributed by atoms with van der Waals surface area (Å²) in [6.07, 6.45) is 2.24. The molecule has 2 rings (SSSR count). The summed E-state index contributed by atoms with van der Waals surface area (Å²) in [5.74, 6) is 1.51. The van der Waals surface area contributed by atoms with Crippen molar-refractivity contribution in [3.63, 3.8) is 0 Å². The first kappa shape index (κ1) is 25.5. The normalized spacial score (nSPS) is 15.7. The standard InChI is InChI=1S/C21H35N5O2.HI/c1-4-22-21(25-18-9-13-26(14-10-18)15-16(2)3)24-12-11-23-20(28)17-5-7-19(27)8-6-17;/h5-8,16,18,27H,4,9-15H2,1-3H3,(H,23,28)(H2,22,24,25);1H. The second kappa shape index (κ2) is 13.6. The van der Waals surface area contributed by atoms with Gasteiger partial charge < -0.3 is 26.0 Å². The lowest BCUT2D eigenvalue weighted by molar-refractivity contribution is 0.0955. The molecule has 1 heterocycles. The molecule has 1 fully saturated rings. The van der Waals surface area contributed by atoms with Crippen molar-refractivity contribution in [3.8, 4) is 5.75 Å². The molecule has 1 amide bonds. The summed E-state index contributed by atoms with van der Waals surface area (Å²) < 4.78 is 0. The van der Waals surface area contributed by atoms with Crippen molar-refractivity contribution in [2.75, 3.05) is 39.3 Å². The maximum atomic E-state index is 12.1. The van der Waals surface area contributed by atoms with Gasteiger partial charge in [0.15, 0.2) is 5.96 Å². The van der Waals surface area contributed by atoms with Gasteiger partial charge in [0.2, 0.25) is 0 Å². The number of likely N-dealkylation sites (tertiary alicyclic amines) is 1. The van der Waals surface area contributed by atoms with Crippen LogP contribution in [-0.2, 0) is 0 Å². The van der Waals surface area contributed by atoms with E-state index >= 15 is 0 Å². The number of hydrogen-bond acceptors (Lipinski definition) is 4. The largest absolute Gasteiger partial charge is 0.508 e. The van der Waals surface area contributed by atoms with Crippen molar-refractivity contribution in [3.05, 3.63) is 29.8 Å². The molecule has 1 aliphatic rings. The number of rotatable bonds is 8. The topological polar surface area (TPSA) is 89.0 Å². The molecule has 4 N–H and O–H groups in total. The Morgan fingerprint density at radius 1 is 1.21 bits per heavy atom. The highest BCUT2D eigenvalue weighted by Gasteiger charge is 2.20. The number of aromatic hydroxyl groups is 1. The summed E-state index contributed by atoms with van der Waals surface area (Å²) in [5.41, 5.74) is 0.528. The second-order valence-corrected chi connectivity index (χ2v) is 7.68. The SMILES string of the molecule is CCNC(=NCCNC(=O)c1ccc(O)cc1)NC1CCN(CC(C)C)CC1.I. The van der Waals surface area contributed by atoms with E-state index in [2.05, 4.69) is 46.6 Å². The van der Waals surface area contributed by atoms with Crippen LogP contribution in [0.4, 0.5) is 0 Å². The molecule has 7 nitrogen and oxygen atoms in total. The number of hydrogen-bond donors (Lipinski definition) is 4. The van der Waals surface area contributed by atoms with Gasteiger partial charge in [-0.1, -0.05) is 13.8 Å². The zero-order chi connectivity index (χ0) is 20.4. The van der Waals surface area contributed by atoms with Crippen molar-refractivity contribution >= 4 is 35.8 Å². The minimum Gasteiger partial charge on any atom is -0.508 e. The number of benzene rings is 1. The third kappa shape index (κ3) is 9.66. The Labute approximate surface area is 191 Å². The van der Waals surface area contributed by atoms with Crippen LogP contribution in [0, 0.1) is 5.92 Å². The third-order valence-electron chi connectivity index (χ3n) is 4.69. The molecule has 29 heavy (non-hydrogen) atoms. The number of amides is 1. The summed E-state index contributed by atoms with van der Waals surface area (Å²) in [5, 5.41) is 19.0. The van der Waals surface area contributed by atoms with Crippen LogP contribution in [0.15, 0.2) is 29.3 Å². The van der Waals surface area contributed by atoms with E-state index in [4.69, 9.17) is 0 Å². The van der Waals surface area contributed by atoms with Crippen LogP contribution in [0.3, 0.4) is 0 Å². The minimum absolute atomic E-state index is 0. The molecular weight excluding hydrogens is 481 g/mol. The highest BCUT2D eigenvalue weighted by Crippen LogP contribution is 2.12. The fourth-order valence-corrected chi connectivity index (χ4v) is 3.34. The Kier molecular flexibility index (Phi) is 12.0. The molecule has 8 heteroatoms. The maximum absolute atomic E-state index is 12.1. The van der Waals surface area contributed by atoms with Crippen molar-refractivity contribution in [2.24, 2.45) is 10.9 Å². The highest BCUT2D eigenvalue weighted by atomic mass is 127. The molecule has 0 atom stereocenters. The van der Waals surface area contributed by atoms with Crippen molar-refractivity contribution in [1.82, 2.24) is 20.9 Å². The predicted octanol–water partition coefficient (Wildman–Crippen LogP) is 2.42. The molecule has 0 radical (unpaired) electrons. The van der Waals surface area contributed by atoms with Crippen molar-refractivity contribution in [1.29, 1.82) is 0 Å². The van der Waals surface area contributed by atoms with Gasteiger partial charge in [0, 0.05) is 44.3 Å². The van der Waals surface area contributed by atoms with E-state index in [-0.39, 0.29) is 35.6 Å². The van der Waals surface area contributed by atoms with Crippen molar-refractivity contribution < 1.29 is 9.90 Å². The van der Waals surface area contributed by atoms with Gasteiger partial charge in [-0.15, -0.1) is 24.0 Å². The van der Waals surface area contributed by atoms with Gasteiger partial charge in [-0.2, -0.15) is 0 Å². The average molecular weight is 517 g/mol.